The summed E-state index contributed by atoms with van der Waals surface area (Å²) in [6.45, 7) is 6.27. The standard InChI is InChI=1S/C14H20ClF2N/c1-10(2)9-18-6-4-3-5-11-7-13(16)14(17)8-12(11)15/h7-8,10,18H,3-6,9H2,1-2H3. The number of rotatable bonds is 7. The first kappa shape index (κ1) is 15.4. The van der Waals surface area contributed by atoms with Gasteiger partial charge in [0, 0.05) is 5.02 Å². The molecule has 4 heteroatoms. The second kappa shape index (κ2) is 7.70. The molecule has 1 N–H and O–H groups in total. The Morgan fingerprint density at radius 1 is 1.17 bits per heavy atom. The van der Waals surface area contributed by atoms with Crippen LogP contribution in [0.4, 0.5) is 8.78 Å². The van der Waals surface area contributed by atoms with E-state index in [0.29, 0.717) is 22.9 Å². The van der Waals surface area contributed by atoms with Gasteiger partial charge in [-0.3, -0.25) is 0 Å². The lowest BCUT2D eigenvalue weighted by Gasteiger charge is -2.08. The minimum atomic E-state index is -0.887. The Bertz CT molecular complexity index is 380. The zero-order valence-corrected chi connectivity index (χ0v) is 11.7. The maximum Gasteiger partial charge on any atom is 0.160 e. The predicted octanol–water partition coefficient (Wildman–Crippen LogP) is 4.19. The fourth-order valence-corrected chi connectivity index (χ4v) is 1.96. The predicted molar refractivity (Wildman–Crippen MR) is 72.0 cm³/mol. The summed E-state index contributed by atoms with van der Waals surface area (Å²) in [5, 5.41) is 3.65. The van der Waals surface area contributed by atoms with Gasteiger partial charge in [-0.25, -0.2) is 8.78 Å². The van der Waals surface area contributed by atoms with Crippen molar-refractivity contribution in [2.75, 3.05) is 13.1 Å². The molecule has 0 unspecified atom stereocenters. The van der Waals surface area contributed by atoms with Crippen LogP contribution in [0, 0.1) is 17.6 Å². The smallest absolute Gasteiger partial charge is 0.160 e. The highest BCUT2D eigenvalue weighted by atomic mass is 35.5. The minimum absolute atomic E-state index is 0.309. The van der Waals surface area contributed by atoms with Crippen LogP contribution in [0.5, 0.6) is 0 Å². The van der Waals surface area contributed by atoms with Crippen molar-refractivity contribution in [3.05, 3.63) is 34.4 Å². The van der Waals surface area contributed by atoms with Gasteiger partial charge in [-0.1, -0.05) is 25.4 Å². The Morgan fingerprint density at radius 3 is 2.50 bits per heavy atom. The van der Waals surface area contributed by atoms with Crippen molar-refractivity contribution < 1.29 is 8.78 Å². The summed E-state index contributed by atoms with van der Waals surface area (Å²) < 4.78 is 25.9. The van der Waals surface area contributed by atoms with Crippen LogP contribution in [0.25, 0.3) is 0 Å². The number of hydrogen-bond donors (Lipinski definition) is 1. The van der Waals surface area contributed by atoms with E-state index >= 15 is 0 Å². The van der Waals surface area contributed by atoms with Gasteiger partial charge in [0.1, 0.15) is 0 Å². The summed E-state index contributed by atoms with van der Waals surface area (Å²) in [5.74, 6) is -1.07. The van der Waals surface area contributed by atoms with Crippen LogP contribution in [0.2, 0.25) is 5.02 Å². The van der Waals surface area contributed by atoms with Crippen molar-refractivity contribution in [2.45, 2.75) is 33.1 Å². The zero-order chi connectivity index (χ0) is 13.5. The first-order valence-corrected chi connectivity index (χ1v) is 6.72. The second-order valence-electron chi connectivity index (χ2n) is 4.91. The molecule has 0 heterocycles. The highest BCUT2D eigenvalue weighted by molar-refractivity contribution is 6.31. The average molecular weight is 276 g/mol. The molecule has 1 aromatic carbocycles. The molecule has 0 bridgehead atoms. The van der Waals surface area contributed by atoms with Crippen LogP contribution in [0.1, 0.15) is 32.3 Å². The van der Waals surface area contributed by atoms with Crippen LogP contribution in [-0.4, -0.2) is 13.1 Å². The van der Waals surface area contributed by atoms with Crippen LogP contribution in [0.15, 0.2) is 12.1 Å². The number of hydrogen-bond acceptors (Lipinski definition) is 1. The summed E-state index contributed by atoms with van der Waals surface area (Å²) in [4.78, 5) is 0. The zero-order valence-electron chi connectivity index (χ0n) is 10.9. The van der Waals surface area contributed by atoms with Gasteiger partial charge >= 0.3 is 0 Å². The van der Waals surface area contributed by atoms with E-state index in [1.807, 2.05) is 0 Å². The molecule has 1 nitrogen and oxygen atoms in total. The minimum Gasteiger partial charge on any atom is -0.316 e. The quantitative estimate of drug-likeness (QED) is 0.581. The molecule has 0 aromatic heterocycles. The molecule has 0 aliphatic heterocycles. The molecular formula is C14H20ClF2N. The van der Waals surface area contributed by atoms with Crippen molar-refractivity contribution >= 4 is 11.6 Å². The topological polar surface area (TPSA) is 12.0 Å². The van der Waals surface area contributed by atoms with Gasteiger partial charge in [-0.15, -0.1) is 0 Å². The average Bonchev–Trinajstić information content (AvgIpc) is 2.29. The van der Waals surface area contributed by atoms with Gasteiger partial charge in [0.2, 0.25) is 0 Å². The molecule has 1 rings (SSSR count). The van der Waals surface area contributed by atoms with E-state index in [1.54, 1.807) is 0 Å². The Hall–Kier alpha value is -0.670. The molecular weight excluding hydrogens is 256 g/mol. The van der Waals surface area contributed by atoms with Crippen LogP contribution < -0.4 is 5.32 Å². The van der Waals surface area contributed by atoms with E-state index in [0.717, 1.165) is 32.0 Å². The van der Waals surface area contributed by atoms with Gasteiger partial charge in [0.05, 0.1) is 0 Å². The SMILES string of the molecule is CC(C)CNCCCCc1cc(F)c(F)cc1Cl. The summed E-state index contributed by atoms with van der Waals surface area (Å²) in [5.41, 5.74) is 0.680. The van der Waals surface area contributed by atoms with E-state index in [4.69, 9.17) is 11.6 Å². The van der Waals surface area contributed by atoms with Crippen LogP contribution in [0.3, 0.4) is 0 Å². The number of aryl methyl sites for hydroxylation is 1. The van der Waals surface area contributed by atoms with Gasteiger partial charge in [0.25, 0.3) is 0 Å². The highest BCUT2D eigenvalue weighted by Crippen LogP contribution is 2.21. The fourth-order valence-electron chi connectivity index (χ4n) is 1.71. The Morgan fingerprint density at radius 2 is 1.83 bits per heavy atom. The Kier molecular flexibility index (Phi) is 6.58. The number of halogens is 3. The Labute approximate surface area is 113 Å². The number of unbranched alkanes of at least 4 members (excludes halogenated alkanes) is 1. The Balaban J connectivity index is 2.29. The summed E-state index contributed by atoms with van der Waals surface area (Å²) in [6, 6.07) is 2.24. The molecule has 0 atom stereocenters. The third-order valence-corrected chi connectivity index (χ3v) is 3.04. The summed E-state index contributed by atoms with van der Waals surface area (Å²) in [6.07, 6.45) is 2.59. The van der Waals surface area contributed by atoms with E-state index in [2.05, 4.69) is 19.2 Å². The first-order chi connectivity index (χ1) is 8.50. The third-order valence-electron chi connectivity index (χ3n) is 2.69. The van der Waals surface area contributed by atoms with Gasteiger partial charge < -0.3 is 5.32 Å². The van der Waals surface area contributed by atoms with Crippen LogP contribution in [-0.2, 0) is 6.42 Å². The van der Waals surface area contributed by atoms with Crippen molar-refractivity contribution in [3.63, 3.8) is 0 Å². The van der Waals surface area contributed by atoms with Crippen LogP contribution >= 0.6 is 11.6 Å². The van der Waals surface area contributed by atoms with Gasteiger partial charge in [0.15, 0.2) is 11.6 Å². The normalized spacial score (nSPS) is 11.2. The molecule has 1 aromatic rings. The molecule has 0 saturated heterocycles. The van der Waals surface area contributed by atoms with Crippen molar-refractivity contribution in [1.82, 2.24) is 5.32 Å². The van der Waals surface area contributed by atoms with E-state index in [9.17, 15) is 8.78 Å². The molecule has 102 valence electrons. The lowest BCUT2D eigenvalue weighted by atomic mass is 10.1. The number of nitrogens with one attached hydrogen (secondary N) is 1. The second-order valence-corrected chi connectivity index (χ2v) is 5.32. The lowest BCUT2D eigenvalue weighted by molar-refractivity contribution is 0.506. The van der Waals surface area contributed by atoms with Crippen molar-refractivity contribution in [2.24, 2.45) is 5.92 Å². The van der Waals surface area contributed by atoms with Crippen molar-refractivity contribution in [3.8, 4) is 0 Å². The molecule has 0 spiro atoms. The van der Waals surface area contributed by atoms with Gasteiger partial charge in [-0.05, 0) is 56.0 Å². The fraction of sp³-hybridized carbons (Fsp3) is 0.571. The summed E-state index contributed by atoms with van der Waals surface area (Å²) >= 11 is 5.86. The molecule has 18 heavy (non-hydrogen) atoms. The molecule has 0 fully saturated rings. The monoisotopic (exact) mass is 275 g/mol. The largest absolute Gasteiger partial charge is 0.316 e. The summed E-state index contributed by atoms with van der Waals surface area (Å²) in [7, 11) is 0. The van der Waals surface area contributed by atoms with E-state index in [-0.39, 0.29) is 0 Å². The number of benzene rings is 1. The first-order valence-electron chi connectivity index (χ1n) is 6.35. The van der Waals surface area contributed by atoms with E-state index in [1.165, 1.54) is 6.07 Å². The third kappa shape index (κ3) is 5.32. The van der Waals surface area contributed by atoms with Gasteiger partial charge in [-0.2, -0.15) is 0 Å². The molecule has 0 saturated carbocycles. The maximum atomic E-state index is 13.0. The molecule has 0 aliphatic rings. The molecule has 0 radical (unpaired) electrons. The maximum absolute atomic E-state index is 13.0. The van der Waals surface area contributed by atoms with E-state index < -0.39 is 11.6 Å². The van der Waals surface area contributed by atoms with Crippen molar-refractivity contribution in [1.29, 1.82) is 0 Å². The molecule has 0 amide bonds. The lowest BCUT2D eigenvalue weighted by Crippen LogP contribution is -2.20. The molecule has 0 aliphatic carbocycles. The highest BCUT2D eigenvalue weighted by Gasteiger charge is 2.07.